The number of terminal acetylenes is 1. The number of allylic oxidation sites excluding steroid dienone is 5. The maximum Gasteiger partial charge on any atom is 0.155 e. The fraction of sp³-hybridized carbons (Fsp3) is 0.571. The second kappa shape index (κ2) is 4.95. The number of hydrogen-bond donors (Lipinski definition) is 1. The van der Waals surface area contributed by atoms with Crippen molar-refractivity contribution >= 4 is 5.78 Å². The minimum atomic E-state index is -1.11. The number of aliphatic hydroxyl groups is 1. The van der Waals surface area contributed by atoms with Gasteiger partial charge in [0.1, 0.15) is 5.60 Å². The zero-order valence-electron chi connectivity index (χ0n) is 13.7. The third-order valence-electron chi connectivity index (χ3n) is 7.11. The van der Waals surface area contributed by atoms with Crippen LogP contribution < -0.4 is 0 Å². The molecule has 0 radical (unpaired) electrons. The van der Waals surface area contributed by atoms with E-state index in [-0.39, 0.29) is 11.2 Å². The summed E-state index contributed by atoms with van der Waals surface area (Å²) in [6.07, 6.45) is 20.7. The lowest BCUT2D eigenvalue weighted by molar-refractivity contribution is -0.115. The Balaban J connectivity index is 1.74. The van der Waals surface area contributed by atoms with Crippen LogP contribution in [0.15, 0.2) is 36.0 Å². The third-order valence-corrected chi connectivity index (χ3v) is 7.11. The van der Waals surface area contributed by atoms with Crippen LogP contribution >= 0.6 is 0 Å². The first-order chi connectivity index (χ1) is 11.0. The number of carbonyl (C=O) groups is 1. The Labute approximate surface area is 138 Å². The van der Waals surface area contributed by atoms with E-state index in [0.29, 0.717) is 30.1 Å². The van der Waals surface area contributed by atoms with Crippen LogP contribution in [0.1, 0.15) is 39.0 Å². The Morgan fingerprint density at radius 2 is 2.22 bits per heavy atom. The van der Waals surface area contributed by atoms with Gasteiger partial charge in [0.15, 0.2) is 5.78 Å². The normalized spacial score (nSPS) is 47.3. The zero-order valence-corrected chi connectivity index (χ0v) is 13.7. The summed E-state index contributed by atoms with van der Waals surface area (Å²) in [5, 5.41) is 11.0. The average molecular weight is 308 g/mol. The zero-order chi connectivity index (χ0) is 16.2. The molecule has 1 fully saturated rings. The number of ketones is 1. The van der Waals surface area contributed by atoms with Crippen LogP contribution in [-0.4, -0.2) is 16.5 Å². The molecule has 0 unspecified atom stereocenters. The summed E-state index contributed by atoms with van der Waals surface area (Å²) in [5.41, 5.74) is -0.108. The molecular weight excluding hydrogens is 284 g/mol. The molecule has 23 heavy (non-hydrogen) atoms. The summed E-state index contributed by atoms with van der Waals surface area (Å²) < 4.78 is 0. The third kappa shape index (κ3) is 1.83. The molecule has 0 aliphatic heterocycles. The molecule has 2 nitrogen and oxygen atoms in total. The second-order valence-corrected chi connectivity index (χ2v) is 7.70. The molecule has 1 N–H and O–H groups in total. The van der Waals surface area contributed by atoms with Crippen molar-refractivity contribution < 1.29 is 9.90 Å². The van der Waals surface area contributed by atoms with Gasteiger partial charge >= 0.3 is 0 Å². The molecule has 4 rings (SSSR count). The SMILES string of the molecule is C#C[C@]1(O)C=C[C@H]2[C@@H]3C=CC4=CC(=O)CC[C@@H]4[C@H]3CC[C@@]21CC. The van der Waals surface area contributed by atoms with Crippen LogP contribution in [0.5, 0.6) is 0 Å². The fourth-order valence-corrected chi connectivity index (χ4v) is 5.87. The van der Waals surface area contributed by atoms with Gasteiger partial charge in [-0.3, -0.25) is 4.79 Å². The van der Waals surface area contributed by atoms with Crippen molar-refractivity contribution in [2.24, 2.45) is 29.1 Å². The average Bonchev–Trinajstić information content (AvgIpc) is 2.88. The minimum Gasteiger partial charge on any atom is -0.373 e. The molecule has 0 spiro atoms. The molecule has 0 amide bonds. The van der Waals surface area contributed by atoms with Crippen molar-refractivity contribution in [3.8, 4) is 12.3 Å². The monoisotopic (exact) mass is 308 g/mol. The maximum absolute atomic E-state index is 11.7. The highest BCUT2D eigenvalue weighted by Crippen LogP contribution is 2.62. The van der Waals surface area contributed by atoms with Gasteiger partial charge < -0.3 is 5.11 Å². The van der Waals surface area contributed by atoms with E-state index in [1.807, 2.05) is 12.2 Å². The van der Waals surface area contributed by atoms with Crippen molar-refractivity contribution in [3.05, 3.63) is 36.0 Å². The van der Waals surface area contributed by atoms with Crippen molar-refractivity contribution in [1.29, 1.82) is 0 Å². The number of rotatable bonds is 1. The van der Waals surface area contributed by atoms with Crippen LogP contribution in [0.3, 0.4) is 0 Å². The van der Waals surface area contributed by atoms with E-state index < -0.39 is 5.60 Å². The summed E-state index contributed by atoms with van der Waals surface area (Å²) >= 11 is 0. The van der Waals surface area contributed by atoms with Crippen LogP contribution in [-0.2, 0) is 4.79 Å². The first-order valence-electron chi connectivity index (χ1n) is 8.87. The molecule has 2 heteroatoms. The lowest BCUT2D eigenvalue weighted by Crippen LogP contribution is -2.53. The predicted molar refractivity (Wildman–Crippen MR) is 90.3 cm³/mol. The van der Waals surface area contributed by atoms with Gasteiger partial charge in [0.05, 0.1) is 0 Å². The van der Waals surface area contributed by atoms with Crippen LogP contribution in [0.2, 0.25) is 0 Å². The summed E-state index contributed by atoms with van der Waals surface area (Å²) in [4.78, 5) is 11.7. The summed E-state index contributed by atoms with van der Waals surface area (Å²) in [6, 6.07) is 0. The predicted octanol–water partition coefficient (Wildman–Crippen LogP) is 3.43. The summed E-state index contributed by atoms with van der Waals surface area (Å²) in [5.74, 6) is 4.76. The number of hydrogen-bond acceptors (Lipinski definition) is 2. The second-order valence-electron chi connectivity index (χ2n) is 7.70. The summed E-state index contributed by atoms with van der Waals surface area (Å²) in [6.45, 7) is 2.15. The molecule has 0 saturated heterocycles. The molecule has 0 aromatic heterocycles. The van der Waals surface area contributed by atoms with E-state index in [1.54, 1.807) is 0 Å². The molecule has 0 heterocycles. The van der Waals surface area contributed by atoms with Gasteiger partial charge in [0.25, 0.3) is 0 Å². The first-order valence-corrected chi connectivity index (χ1v) is 8.87. The quantitative estimate of drug-likeness (QED) is 0.595. The molecule has 120 valence electrons. The van der Waals surface area contributed by atoms with Crippen molar-refractivity contribution in [2.45, 2.75) is 44.6 Å². The Bertz CT molecular complexity index is 676. The van der Waals surface area contributed by atoms with E-state index in [9.17, 15) is 9.90 Å². The molecule has 0 bridgehead atoms. The topological polar surface area (TPSA) is 37.3 Å². The standard InChI is InChI=1S/C21H24O2/c1-3-20-11-9-17-16-8-6-15(22)13-14(16)5-7-18(17)19(20)10-12-21(20,23)4-2/h2,5,7,10,12-13,16-19,23H,3,6,8-9,11H2,1H3/t16-,17+,18+,19-,20-,21-/m0/s1. The highest BCUT2D eigenvalue weighted by Gasteiger charge is 2.60. The van der Waals surface area contributed by atoms with Crippen LogP contribution in [0.4, 0.5) is 0 Å². The first kappa shape index (κ1) is 15.0. The Morgan fingerprint density at radius 1 is 1.39 bits per heavy atom. The smallest absolute Gasteiger partial charge is 0.155 e. The summed E-state index contributed by atoms with van der Waals surface area (Å²) in [7, 11) is 0. The van der Waals surface area contributed by atoms with Gasteiger partial charge in [0, 0.05) is 11.8 Å². The van der Waals surface area contributed by atoms with Gasteiger partial charge in [0.2, 0.25) is 0 Å². The molecule has 0 aromatic carbocycles. The van der Waals surface area contributed by atoms with Gasteiger partial charge in [-0.25, -0.2) is 0 Å². The largest absolute Gasteiger partial charge is 0.373 e. The Kier molecular flexibility index (Phi) is 3.22. The molecular formula is C21H24O2. The molecule has 1 saturated carbocycles. The van der Waals surface area contributed by atoms with Gasteiger partial charge in [-0.2, -0.15) is 0 Å². The number of carbonyl (C=O) groups excluding carboxylic acids is 1. The van der Waals surface area contributed by atoms with E-state index in [1.165, 1.54) is 5.57 Å². The lowest BCUT2D eigenvalue weighted by Gasteiger charge is -2.54. The molecule has 4 aliphatic rings. The lowest BCUT2D eigenvalue weighted by atomic mass is 9.50. The van der Waals surface area contributed by atoms with E-state index in [2.05, 4.69) is 31.1 Å². The van der Waals surface area contributed by atoms with Gasteiger partial charge in [-0.1, -0.05) is 31.1 Å². The van der Waals surface area contributed by atoms with Crippen LogP contribution in [0, 0.1) is 41.4 Å². The van der Waals surface area contributed by atoms with Crippen molar-refractivity contribution in [3.63, 3.8) is 0 Å². The van der Waals surface area contributed by atoms with Crippen molar-refractivity contribution in [1.82, 2.24) is 0 Å². The Hall–Kier alpha value is -1.59. The highest BCUT2D eigenvalue weighted by molar-refractivity contribution is 5.91. The van der Waals surface area contributed by atoms with Gasteiger partial charge in [-0.15, -0.1) is 6.42 Å². The van der Waals surface area contributed by atoms with Gasteiger partial charge in [-0.05, 0) is 67.1 Å². The van der Waals surface area contributed by atoms with E-state index in [4.69, 9.17) is 6.42 Å². The van der Waals surface area contributed by atoms with E-state index in [0.717, 1.165) is 25.7 Å². The Morgan fingerprint density at radius 3 is 2.96 bits per heavy atom. The maximum atomic E-state index is 11.7. The highest BCUT2D eigenvalue weighted by atomic mass is 16.3. The van der Waals surface area contributed by atoms with Crippen LogP contribution in [0.25, 0.3) is 0 Å². The molecule has 0 aromatic rings. The van der Waals surface area contributed by atoms with E-state index >= 15 is 0 Å². The van der Waals surface area contributed by atoms with Crippen molar-refractivity contribution in [2.75, 3.05) is 0 Å². The molecule has 4 aliphatic carbocycles. The number of fused-ring (bicyclic) bond motifs is 5. The fourth-order valence-electron chi connectivity index (χ4n) is 5.87. The minimum absolute atomic E-state index is 0.223. The molecule has 6 atom stereocenters.